The van der Waals surface area contributed by atoms with Crippen LogP contribution in [0, 0.1) is 28.8 Å². The van der Waals surface area contributed by atoms with Crippen molar-refractivity contribution in [3.63, 3.8) is 0 Å². The van der Waals surface area contributed by atoms with E-state index in [1.165, 1.54) is 19.9 Å². The summed E-state index contributed by atoms with van der Waals surface area (Å²) >= 11 is 0. The summed E-state index contributed by atoms with van der Waals surface area (Å²) in [5, 5.41) is 23.1. The lowest BCUT2D eigenvalue weighted by atomic mass is 9.95. The van der Waals surface area contributed by atoms with E-state index in [0.29, 0.717) is 0 Å². The molecule has 1 aromatic rings. The van der Waals surface area contributed by atoms with Crippen LogP contribution in [-0.4, -0.2) is 21.5 Å². The number of anilines is 1. The summed E-state index contributed by atoms with van der Waals surface area (Å²) in [6.07, 6.45) is 1.51. The first-order valence-corrected chi connectivity index (χ1v) is 6.22. The highest BCUT2D eigenvalue weighted by Gasteiger charge is 2.48. The zero-order valence-corrected chi connectivity index (χ0v) is 11.1. The number of hydrogen-bond donors (Lipinski definition) is 2. The molecule has 1 aliphatic carbocycles. The molecular formula is C13H15FN2O4. The Morgan fingerprint density at radius 1 is 1.55 bits per heavy atom. The molecule has 108 valence electrons. The SMILES string of the molecule is Cc1cc(NC(C)(C(=O)O)C2CC2)c([N+](=O)[O-])cc1F. The predicted molar refractivity (Wildman–Crippen MR) is 70.2 cm³/mol. The number of carboxylic acids is 1. The summed E-state index contributed by atoms with van der Waals surface area (Å²) in [6, 6.07) is 2.09. The normalized spacial score (nSPS) is 17.4. The number of nitro benzene ring substituents is 1. The van der Waals surface area contributed by atoms with Crippen LogP contribution in [0.1, 0.15) is 25.3 Å². The first-order valence-electron chi connectivity index (χ1n) is 6.22. The van der Waals surface area contributed by atoms with Crippen LogP contribution in [-0.2, 0) is 4.79 Å². The number of hydrogen-bond acceptors (Lipinski definition) is 4. The van der Waals surface area contributed by atoms with Gasteiger partial charge in [-0.2, -0.15) is 0 Å². The molecule has 7 heteroatoms. The second-order valence-electron chi connectivity index (χ2n) is 5.28. The molecule has 0 bridgehead atoms. The highest BCUT2D eigenvalue weighted by atomic mass is 19.1. The topological polar surface area (TPSA) is 92.5 Å². The molecule has 1 unspecified atom stereocenters. The summed E-state index contributed by atoms with van der Waals surface area (Å²) in [5.41, 5.74) is -1.48. The molecular weight excluding hydrogens is 267 g/mol. The molecule has 2 N–H and O–H groups in total. The molecule has 0 aliphatic heterocycles. The maximum atomic E-state index is 13.4. The number of aryl methyl sites for hydroxylation is 1. The Bertz CT molecular complexity index is 586. The van der Waals surface area contributed by atoms with Crippen molar-refractivity contribution in [1.29, 1.82) is 0 Å². The third-order valence-electron chi connectivity index (χ3n) is 3.71. The second-order valence-corrected chi connectivity index (χ2v) is 5.28. The Labute approximate surface area is 114 Å². The predicted octanol–water partition coefficient (Wildman–Crippen LogP) is 2.71. The monoisotopic (exact) mass is 282 g/mol. The molecule has 6 nitrogen and oxygen atoms in total. The largest absolute Gasteiger partial charge is 0.480 e. The van der Waals surface area contributed by atoms with E-state index in [4.69, 9.17) is 0 Å². The molecule has 0 saturated heterocycles. The van der Waals surface area contributed by atoms with Gasteiger partial charge >= 0.3 is 5.97 Å². The van der Waals surface area contributed by atoms with Crippen LogP contribution >= 0.6 is 0 Å². The van der Waals surface area contributed by atoms with Gasteiger partial charge in [-0.25, -0.2) is 9.18 Å². The Morgan fingerprint density at radius 2 is 2.15 bits per heavy atom. The highest BCUT2D eigenvalue weighted by molar-refractivity contribution is 5.84. The summed E-state index contributed by atoms with van der Waals surface area (Å²) in [6.45, 7) is 2.97. The minimum atomic E-state index is -1.28. The summed E-state index contributed by atoms with van der Waals surface area (Å²) in [5.74, 6) is -1.84. The van der Waals surface area contributed by atoms with E-state index in [0.717, 1.165) is 18.9 Å². The molecule has 0 heterocycles. The van der Waals surface area contributed by atoms with E-state index in [1.807, 2.05) is 0 Å². The molecule has 1 atom stereocenters. The fourth-order valence-electron chi connectivity index (χ4n) is 2.19. The molecule has 2 rings (SSSR count). The number of nitro groups is 1. The van der Waals surface area contributed by atoms with Crippen LogP contribution in [0.2, 0.25) is 0 Å². The van der Waals surface area contributed by atoms with E-state index in [9.17, 15) is 24.4 Å². The first kappa shape index (κ1) is 14.2. The van der Waals surface area contributed by atoms with Crippen LogP contribution in [0.5, 0.6) is 0 Å². The molecule has 0 aromatic heterocycles. The number of aliphatic carboxylic acids is 1. The van der Waals surface area contributed by atoms with Gasteiger partial charge in [0.1, 0.15) is 17.0 Å². The van der Waals surface area contributed by atoms with Gasteiger partial charge in [0.15, 0.2) is 0 Å². The van der Waals surface area contributed by atoms with Gasteiger partial charge in [-0.05, 0) is 44.2 Å². The lowest BCUT2D eigenvalue weighted by Crippen LogP contribution is -2.45. The molecule has 20 heavy (non-hydrogen) atoms. The first-order chi connectivity index (χ1) is 9.25. The van der Waals surface area contributed by atoms with Crippen LogP contribution in [0.15, 0.2) is 12.1 Å². The van der Waals surface area contributed by atoms with Gasteiger partial charge in [-0.1, -0.05) is 0 Å². The van der Waals surface area contributed by atoms with Crippen LogP contribution < -0.4 is 5.32 Å². The molecule has 1 saturated carbocycles. The Morgan fingerprint density at radius 3 is 2.60 bits per heavy atom. The van der Waals surface area contributed by atoms with Crippen molar-refractivity contribution >= 4 is 17.3 Å². The van der Waals surface area contributed by atoms with Crippen molar-refractivity contribution in [3.8, 4) is 0 Å². The lowest BCUT2D eigenvalue weighted by Gasteiger charge is -2.27. The van der Waals surface area contributed by atoms with Crippen molar-refractivity contribution in [2.75, 3.05) is 5.32 Å². The Kier molecular flexibility index (Phi) is 3.37. The van der Waals surface area contributed by atoms with Crippen molar-refractivity contribution in [2.24, 2.45) is 5.92 Å². The van der Waals surface area contributed by atoms with Gasteiger partial charge in [-0.3, -0.25) is 10.1 Å². The van der Waals surface area contributed by atoms with Crippen molar-refractivity contribution < 1.29 is 19.2 Å². The quantitative estimate of drug-likeness (QED) is 0.639. The third kappa shape index (κ3) is 2.43. The third-order valence-corrected chi connectivity index (χ3v) is 3.71. The number of nitrogens with one attached hydrogen (secondary N) is 1. The van der Waals surface area contributed by atoms with Crippen molar-refractivity contribution in [1.82, 2.24) is 0 Å². The van der Waals surface area contributed by atoms with E-state index in [-0.39, 0.29) is 17.2 Å². The highest BCUT2D eigenvalue weighted by Crippen LogP contribution is 2.43. The minimum absolute atomic E-state index is 0.0331. The maximum absolute atomic E-state index is 13.4. The number of carboxylic acid groups (broad SMARTS) is 1. The van der Waals surface area contributed by atoms with Crippen molar-refractivity contribution in [3.05, 3.63) is 33.6 Å². The van der Waals surface area contributed by atoms with Crippen LogP contribution in [0.4, 0.5) is 15.8 Å². The Hall–Kier alpha value is -2.18. The number of benzene rings is 1. The fourth-order valence-corrected chi connectivity index (χ4v) is 2.19. The lowest BCUT2D eigenvalue weighted by molar-refractivity contribution is -0.384. The van der Waals surface area contributed by atoms with Gasteiger partial charge in [0.05, 0.1) is 11.0 Å². The average Bonchev–Trinajstić information content (AvgIpc) is 3.17. The minimum Gasteiger partial charge on any atom is -0.480 e. The molecule has 0 amide bonds. The van der Waals surface area contributed by atoms with E-state index in [2.05, 4.69) is 5.32 Å². The summed E-state index contributed by atoms with van der Waals surface area (Å²) < 4.78 is 13.4. The molecule has 1 aromatic carbocycles. The fraction of sp³-hybridized carbons (Fsp3) is 0.462. The molecule has 1 fully saturated rings. The smallest absolute Gasteiger partial charge is 0.329 e. The zero-order chi connectivity index (χ0) is 15.1. The summed E-state index contributed by atoms with van der Waals surface area (Å²) in [4.78, 5) is 21.7. The Balaban J connectivity index is 2.44. The standard InChI is InChI=1S/C13H15FN2O4/c1-7-5-10(11(16(19)20)6-9(7)14)15-13(2,12(17)18)8-3-4-8/h5-6,8,15H,3-4H2,1-2H3,(H,17,18). The zero-order valence-electron chi connectivity index (χ0n) is 11.1. The van der Waals surface area contributed by atoms with Crippen LogP contribution in [0.25, 0.3) is 0 Å². The number of nitrogens with zero attached hydrogens (tertiary/aromatic N) is 1. The van der Waals surface area contributed by atoms with Gasteiger partial charge in [0.2, 0.25) is 0 Å². The van der Waals surface area contributed by atoms with Crippen LogP contribution in [0.3, 0.4) is 0 Å². The second kappa shape index (κ2) is 4.73. The number of rotatable bonds is 5. The van der Waals surface area contributed by atoms with Crippen molar-refractivity contribution in [2.45, 2.75) is 32.2 Å². The maximum Gasteiger partial charge on any atom is 0.329 e. The van der Waals surface area contributed by atoms with E-state index >= 15 is 0 Å². The van der Waals surface area contributed by atoms with Gasteiger partial charge in [0, 0.05) is 0 Å². The molecule has 0 spiro atoms. The summed E-state index contributed by atoms with van der Waals surface area (Å²) in [7, 11) is 0. The molecule has 0 radical (unpaired) electrons. The van der Waals surface area contributed by atoms with Gasteiger partial charge in [0.25, 0.3) is 5.69 Å². The average molecular weight is 282 g/mol. The van der Waals surface area contributed by atoms with Gasteiger partial charge < -0.3 is 10.4 Å². The molecule has 1 aliphatic rings. The number of carbonyl (C=O) groups is 1. The van der Waals surface area contributed by atoms with E-state index < -0.39 is 27.9 Å². The number of halogens is 1. The van der Waals surface area contributed by atoms with Gasteiger partial charge in [-0.15, -0.1) is 0 Å². The van der Waals surface area contributed by atoms with E-state index in [1.54, 1.807) is 0 Å².